The van der Waals surface area contributed by atoms with Crippen molar-refractivity contribution in [3.8, 4) is 23.2 Å². The van der Waals surface area contributed by atoms with Gasteiger partial charge in [0.2, 0.25) is 0 Å². The first-order chi connectivity index (χ1) is 14.9. The van der Waals surface area contributed by atoms with Crippen molar-refractivity contribution in [1.82, 2.24) is 19.4 Å². The van der Waals surface area contributed by atoms with Crippen LogP contribution in [0.15, 0.2) is 67.0 Å². The number of nitrogens with one attached hydrogen (secondary N) is 1. The second kappa shape index (κ2) is 7.03. The van der Waals surface area contributed by atoms with E-state index in [1.807, 2.05) is 53.9 Å². The summed E-state index contributed by atoms with van der Waals surface area (Å²) < 4.78 is 40.9. The molecule has 0 unspecified atom stereocenters. The quantitative estimate of drug-likeness (QED) is 0.361. The third-order valence-corrected chi connectivity index (χ3v) is 5.06. The number of nitrogens with zero attached hydrogens (tertiary/aromatic N) is 3. The number of H-pyrrole nitrogens is 1. The number of aryl methyl sites for hydroxylation is 1. The Morgan fingerprint density at radius 3 is 2.71 bits per heavy atom. The fourth-order valence-electron chi connectivity index (χ4n) is 3.38. The largest absolute Gasteiger partial charge is 0.416 e. The number of pyridine rings is 1. The lowest BCUT2D eigenvalue weighted by Gasteiger charge is -2.05. The van der Waals surface area contributed by atoms with Crippen molar-refractivity contribution in [1.29, 1.82) is 0 Å². The molecule has 152 valence electrons. The van der Waals surface area contributed by atoms with Crippen LogP contribution in [0.3, 0.4) is 0 Å². The van der Waals surface area contributed by atoms with Crippen LogP contribution < -0.4 is 0 Å². The summed E-state index contributed by atoms with van der Waals surface area (Å²) >= 11 is 0. The molecular weight excluding hydrogens is 401 g/mol. The monoisotopic (exact) mass is 416 g/mol. The molecule has 3 heterocycles. The van der Waals surface area contributed by atoms with E-state index in [-0.39, 0.29) is 0 Å². The Hall–Kier alpha value is -4.05. The molecule has 0 fully saturated rings. The van der Waals surface area contributed by atoms with Crippen LogP contribution in [0.1, 0.15) is 22.4 Å². The highest BCUT2D eigenvalue weighted by Gasteiger charge is 2.30. The highest BCUT2D eigenvalue weighted by atomic mass is 19.4. The Morgan fingerprint density at radius 1 is 1.00 bits per heavy atom. The normalized spacial score (nSPS) is 11.6. The second-order valence-electron chi connectivity index (χ2n) is 7.17. The summed E-state index contributed by atoms with van der Waals surface area (Å²) in [6.45, 7) is 1.95. The molecule has 0 aliphatic rings. The van der Waals surface area contributed by atoms with Crippen molar-refractivity contribution in [3.05, 3.63) is 89.4 Å². The molecule has 0 amide bonds. The summed E-state index contributed by atoms with van der Waals surface area (Å²) in [6.07, 6.45) is -0.776. The highest BCUT2D eigenvalue weighted by Crippen LogP contribution is 2.32. The molecule has 0 saturated carbocycles. The Morgan fingerprint density at radius 2 is 1.87 bits per heavy atom. The van der Waals surface area contributed by atoms with Gasteiger partial charge >= 0.3 is 6.18 Å². The van der Waals surface area contributed by atoms with Gasteiger partial charge in [-0.1, -0.05) is 24.1 Å². The number of hydrogen-bond acceptors (Lipinski definition) is 2. The van der Waals surface area contributed by atoms with Crippen molar-refractivity contribution in [3.63, 3.8) is 0 Å². The molecule has 0 spiro atoms. The van der Waals surface area contributed by atoms with E-state index >= 15 is 0 Å². The predicted octanol–water partition coefficient (Wildman–Crippen LogP) is 5.60. The minimum atomic E-state index is -4.40. The number of benzene rings is 2. The van der Waals surface area contributed by atoms with E-state index in [2.05, 4.69) is 26.8 Å². The zero-order chi connectivity index (χ0) is 21.6. The molecule has 0 aliphatic carbocycles. The molecule has 5 rings (SSSR count). The topological polar surface area (TPSA) is 46.0 Å². The lowest BCUT2D eigenvalue weighted by molar-refractivity contribution is -0.137. The van der Waals surface area contributed by atoms with Crippen molar-refractivity contribution in [2.45, 2.75) is 13.1 Å². The van der Waals surface area contributed by atoms with Gasteiger partial charge in [-0.05, 0) is 54.8 Å². The number of alkyl halides is 3. The summed E-state index contributed by atoms with van der Waals surface area (Å²) in [5.41, 5.74) is 4.23. The summed E-state index contributed by atoms with van der Waals surface area (Å²) in [5.74, 6) is 6.82. The smallest absolute Gasteiger partial charge is 0.338 e. The first kappa shape index (κ1) is 18.9. The number of hydrogen-bond donors (Lipinski definition) is 1. The molecule has 0 atom stereocenters. The van der Waals surface area contributed by atoms with Crippen molar-refractivity contribution in [2.75, 3.05) is 0 Å². The zero-order valence-corrected chi connectivity index (χ0v) is 16.3. The van der Waals surface area contributed by atoms with Crippen LogP contribution in [-0.2, 0) is 6.18 Å². The maximum Gasteiger partial charge on any atom is 0.416 e. The standard InChI is InChI=1S/C24H15F3N4/c1-15-5-6-17(23-29-20-10-8-18(24(25,26)27)13-21(20)30-23)12-16(15)7-9-19-14-28-22-4-2-3-11-31(19)22/h2-6,8,10-14H,1H3,(H,29,30). The SMILES string of the molecule is Cc1ccc(-c2nc3ccc(C(F)(F)F)cc3[nH]2)cc1C#Cc1cnc2ccccn12. The van der Waals surface area contributed by atoms with Gasteiger partial charge in [0, 0.05) is 17.3 Å². The van der Waals surface area contributed by atoms with Gasteiger partial charge in [-0.15, -0.1) is 0 Å². The van der Waals surface area contributed by atoms with Crippen LogP contribution in [0, 0.1) is 18.8 Å². The summed E-state index contributed by atoms with van der Waals surface area (Å²) in [7, 11) is 0. The third kappa shape index (κ3) is 3.53. The van der Waals surface area contributed by atoms with Crippen LogP contribution in [0.4, 0.5) is 13.2 Å². The minimum absolute atomic E-state index is 0.337. The Bertz CT molecular complexity index is 1500. The first-order valence-corrected chi connectivity index (χ1v) is 9.50. The molecule has 2 aromatic carbocycles. The number of fused-ring (bicyclic) bond motifs is 2. The predicted molar refractivity (Wildman–Crippen MR) is 112 cm³/mol. The molecule has 0 saturated heterocycles. The van der Waals surface area contributed by atoms with Crippen molar-refractivity contribution >= 4 is 16.7 Å². The van der Waals surface area contributed by atoms with E-state index in [1.165, 1.54) is 6.07 Å². The lowest BCUT2D eigenvalue weighted by Crippen LogP contribution is -2.04. The van der Waals surface area contributed by atoms with Crippen LogP contribution >= 0.6 is 0 Å². The molecule has 5 aromatic rings. The number of imidazole rings is 2. The van der Waals surface area contributed by atoms with Gasteiger partial charge in [-0.3, -0.25) is 4.40 Å². The summed E-state index contributed by atoms with van der Waals surface area (Å²) in [4.78, 5) is 11.8. The lowest BCUT2D eigenvalue weighted by atomic mass is 10.0. The third-order valence-electron chi connectivity index (χ3n) is 5.06. The first-order valence-electron chi connectivity index (χ1n) is 9.50. The molecule has 7 heteroatoms. The van der Waals surface area contributed by atoms with Gasteiger partial charge in [0.05, 0.1) is 22.8 Å². The second-order valence-corrected chi connectivity index (χ2v) is 7.17. The number of aromatic nitrogens is 4. The average molecular weight is 416 g/mol. The molecule has 31 heavy (non-hydrogen) atoms. The van der Waals surface area contributed by atoms with Crippen LogP contribution in [0.25, 0.3) is 28.1 Å². The van der Waals surface area contributed by atoms with E-state index in [9.17, 15) is 13.2 Å². The van der Waals surface area contributed by atoms with Crippen LogP contribution in [0.5, 0.6) is 0 Å². The van der Waals surface area contributed by atoms with E-state index in [0.717, 1.165) is 40.2 Å². The number of rotatable bonds is 1. The Balaban J connectivity index is 1.53. The molecule has 4 nitrogen and oxygen atoms in total. The minimum Gasteiger partial charge on any atom is -0.338 e. The van der Waals surface area contributed by atoms with Gasteiger partial charge in [0.25, 0.3) is 0 Å². The van der Waals surface area contributed by atoms with Gasteiger partial charge < -0.3 is 4.98 Å². The van der Waals surface area contributed by atoms with Crippen molar-refractivity contribution < 1.29 is 13.2 Å². The zero-order valence-electron chi connectivity index (χ0n) is 16.3. The molecule has 1 N–H and O–H groups in total. The maximum atomic E-state index is 13.0. The van der Waals surface area contributed by atoms with Gasteiger partial charge in [-0.25, -0.2) is 9.97 Å². The average Bonchev–Trinajstić information content (AvgIpc) is 3.36. The molecular formula is C24H15F3N4. The van der Waals surface area contributed by atoms with Crippen LogP contribution in [-0.4, -0.2) is 19.4 Å². The van der Waals surface area contributed by atoms with E-state index in [4.69, 9.17) is 0 Å². The molecule has 0 radical (unpaired) electrons. The number of halogens is 3. The Kier molecular flexibility index (Phi) is 4.29. The van der Waals surface area contributed by atoms with Crippen LogP contribution in [0.2, 0.25) is 0 Å². The Labute approximate surface area is 175 Å². The van der Waals surface area contributed by atoms with E-state index in [1.54, 1.807) is 6.20 Å². The van der Waals surface area contributed by atoms with E-state index in [0.29, 0.717) is 16.9 Å². The molecule has 0 aliphatic heterocycles. The van der Waals surface area contributed by atoms with Crippen molar-refractivity contribution in [2.24, 2.45) is 0 Å². The van der Waals surface area contributed by atoms with E-state index < -0.39 is 11.7 Å². The van der Waals surface area contributed by atoms with Gasteiger partial charge in [0.15, 0.2) is 0 Å². The van der Waals surface area contributed by atoms with Gasteiger partial charge in [-0.2, -0.15) is 13.2 Å². The molecule has 3 aromatic heterocycles. The summed E-state index contributed by atoms with van der Waals surface area (Å²) in [6, 6.07) is 14.9. The molecule has 0 bridgehead atoms. The highest BCUT2D eigenvalue weighted by molar-refractivity contribution is 5.80. The fourth-order valence-corrected chi connectivity index (χ4v) is 3.38. The van der Waals surface area contributed by atoms with Gasteiger partial charge in [0.1, 0.15) is 17.2 Å². The maximum absolute atomic E-state index is 13.0. The fraction of sp³-hybridized carbons (Fsp3) is 0.0833. The number of aromatic amines is 1. The summed E-state index contributed by atoms with van der Waals surface area (Å²) in [5, 5.41) is 0.